The highest BCUT2D eigenvalue weighted by molar-refractivity contribution is 5.42. The first-order valence-electron chi connectivity index (χ1n) is 6.03. The highest BCUT2D eigenvalue weighted by Gasteiger charge is 2.30. The van der Waals surface area contributed by atoms with Gasteiger partial charge in [0, 0.05) is 24.4 Å². The summed E-state index contributed by atoms with van der Waals surface area (Å²) in [5.41, 5.74) is 7.10. The topological polar surface area (TPSA) is 89.8 Å². The Morgan fingerprint density at radius 2 is 2.33 bits per heavy atom. The number of aliphatic hydroxyl groups is 1. The Labute approximate surface area is 104 Å². The van der Waals surface area contributed by atoms with Crippen LogP contribution in [0.15, 0.2) is 24.5 Å². The molecule has 1 atom stereocenters. The molecular formula is C12H15N5O. The SMILES string of the molecule is Nc1ccnc(-n2cc(CC(O)C3CC3)nn2)c1. The standard InChI is InChI=1S/C12H15N5O/c13-9-3-4-14-12(5-9)17-7-10(15-16-17)6-11(18)8-1-2-8/h3-5,7-8,11,18H,1-2,6H2,(H2,13,14). The smallest absolute Gasteiger partial charge is 0.157 e. The van der Waals surface area contributed by atoms with Crippen molar-refractivity contribution in [2.45, 2.75) is 25.4 Å². The third-order valence-corrected chi connectivity index (χ3v) is 3.13. The number of pyridine rings is 1. The molecule has 1 aliphatic carbocycles. The summed E-state index contributed by atoms with van der Waals surface area (Å²) in [5.74, 6) is 1.08. The van der Waals surface area contributed by atoms with E-state index in [0.717, 1.165) is 18.5 Å². The molecule has 2 aromatic heterocycles. The maximum absolute atomic E-state index is 9.85. The van der Waals surface area contributed by atoms with Gasteiger partial charge < -0.3 is 10.8 Å². The van der Waals surface area contributed by atoms with Crippen LogP contribution in [0.1, 0.15) is 18.5 Å². The van der Waals surface area contributed by atoms with Crippen molar-refractivity contribution in [3.8, 4) is 5.82 Å². The van der Waals surface area contributed by atoms with Gasteiger partial charge in [-0.3, -0.25) is 0 Å². The van der Waals surface area contributed by atoms with Crippen LogP contribution >= 0.6 is 0 Å². The Hall–Kier alpha value is -1.95. The minimum atomic E-state index is -0.302. The van der Waals surface area contributed by atoms with E-state index < -0.39 is 0 Å². The average Bonchev–Trinajstić information content (AvgIpc) is 3.10. The third-order valence-electron chi connectivity index (χ3n) is 3.13. The summed E-state index contributed by atoms with van der Waals surface area (Å²) in [6.45, 7) is 0. The number of hydrogen-bond acceptors (Lipinski definition) is 5. The molecule has 2 aromatic rings. The van der Waals surface area contributed by atoms with Crippen LogP contribution in [-0.2, 0) is 6.42 Å². The molecule has 0 aliphatic heterocycles. The lowest BCUT2D eigenvalue weighted by Crippen LogP contribution is -2.12. The third kappa shape index (κ3) is 2.33. The minimum Gasteiger partial charge on any atom is -0.399 e. The number of rotatable bonds is 4. The molecule has 6 heteroatoms. The van der Waals surface area contributed by atoms with E-state index in [1.807, 2.05) is 0 Å². The fraction of sp³-hybridized carbons (Fsp3) is 0.417. The molecule has 0 radical (unpaired) electrons. The van der Waals surface area contributed by atoms with Crippen LogP contribution in [0.4, 0.5) is 5.69 Å². The number of nitrogens with zero attached hydrogens (tertiary/aromatic N) is 4. The second kappa shape index (κ2) is 4.38. The van der Waals surface area contributed by atoms with E-state index >= 15 is 0 Å². The van der Waals surface area contributed by atoms with E-state index in [1.165, 1.54) is 0 Å². The highest BCUT2D eigenvalue weighted by Crippen LogP contribution is 2.33. The summed E-state index contributed by atoms with van der Waals surface area (Å²) >= 11 is 0. The van der Waals surface area contributed by atoms with Crippen LogP contribution < -0.4 is 5.73 Å². The summed E-state index contributed by atoms with van der Waals surface area (Å²) in [5, 5.41) is 17.9. The second-order valence-corrected chi connectivity index (χ2v) is 4.71. The maximum Gasteiger partial charge on any atom is 0.157 e. The van der Waals surface area contributed by atoms with Crippen LogP contribution in [0.2, 0.25) is 0 Å². The highest BCUT2D eigenvalue weighted by atomic mass is 16.3. The molecule has 6 nitrogen and oxygen atoms in total. The van der Waals surface area contributed by atoms with Gasteiger partial charge in [-0.15, -0.1) is 5.10 Å². The van der Waals surface area contributed by atoms with E-state index in [2.05, 4.69) is 15.3 Å². The number of nitrogen functional groups attached to an aromatic ring is 1. The molecule has 1 fully saturated rings. The van der Waals surface area contributed by atoms with Gasteiger partial charge in [-0.2, -0.15) is 0 Å². The van der Waals surface area contributed by atoms with E-state index in [0.29, 0.717) is 23.8 Å². The van der Waals surface area contributed by atoms with Crippen molar-refractivity contribution in [3.63, 3.8) is 0 Å². The monoisotopic (exact) mass is 245 g/mol. The zero-order valence-electron chi connectivity index (χ0n) is 9.90. The van der Waals surface area contributed by atoms with Crippen LogP contribution in [0.25, 0.3) is 5.82 Å². The fourth-order valence-corrected chi connectivity index (χ4v) is 1.93. The van der Waals surface area contributed by atoms with E-state index in [9.17, 15) is 5.11 Å². The Morgan fingerprint density at radius 3 is 3.06 bits per heavy atom. The lowest BCUT2D eigenvalue weighted by molar-refractivity contribution is 0.150. The molecule has 1 aliphatic rings. The molecular weight excluding hydrogens is 230 g/mol. The molecule has 3 rings (SSSR count). The van der Waals surface area contributed by atoms with Crippen molar-refractivity contribution >= 4 is 5.69 Å². The first kappa shape index (κ1) is 11.2. The Kier molecular flexibility index (Phi) is 2.71. The first-order valence-corrected chi connectivity index (χ1v) is 6.03. The zero-order chi connectivity index (χ0) is 12.5. The van der Waals surface area contributed by atoms with E-state index in [-0.39, 0.29) is 6.10 Å². The molecule has 0 amide bonds. The van der Waals surface area contributed by atoms with Gasteiger partial charge in [0.1, 0.15) is 0 Å². The molecule has 0 bridgehead atoms. The lowest BCUT2D eigenvalue weighted by Gasteiger charge is -2.04. The Morgan fingerprint density at radius 1 is 1.50 bits per heavy atom. The van der Waals surface area contributed by atoms with Gasteiger partial charge in [0.15, 0.2) is 5.82 Å². The molecule has 18 heavy (non-hydrogen) atoms. The molecule has 1 unspecified atom stereocenters. The zero-order valence-corrected chi connectivity index (χ0v) is 9.90. The maximum atomic E-state index is 9.85. The minimum absolute atomic E-state index is 0.302. The van der Waals surface area contributed by atoms with Crippen molar-refractivity contribution in [2.75, 3.05) is 5.73 Å². The number of hydrogen-bond donors (Lipinski definition) is 2. The molecule has 3 N–H and O–H groups in total. The quantitative estimate of drug-likeness (QED) is 0.821. The van der Waals surface area contributed by atoms with Crippen molar-refractivity contribution in [1.29, 1.82) is 0 Å². The molecule has 0 aromatic carbocycles. The summed E-state index contributed by atoms with van der Waals surface area (Å²) in [6, 6.07) is 3.45. The summed E-state index contributed by atoms with van der Waals surface area (Å²) in [4.78, 5) is 4.17. The largest absolute Gasteiger partial charge is 0.399 e. The summed E-state index contributed by atoms with van der Waals surface area (Å²) < 4.78 is 1.57. The fourth-order valence-electron chi connectivity index (χ4n) is 1.93. The van der Waals surface area contributed by atoms with Crippen molar-refractivity contribution in [2.24, 2.45) is 5.92 Å². The molecule has 0 spiro atoms. The second-order valence-electron chi connectivity index (χ2n) is 4.71. The van der Waals surface area contributed by atoms with Gasteiger partial charge in [0.25, 0.3) is 0 Å². The van der Waals surface area contributed by atoms with Crippen molar-refractivity contribution in [1.82, 2.24) is 20.0 Å². The van der Waals surface area contributed by atoms with Gasteiger partial charge in [-0.05, 0) is 24.8 Å². The number of aliphatic hydroxyl groups excluding tert-OH is 1. The van der Waals surface area contributed by atoms with Gasteiger partial charge >= 0.3 is 0 Å². The molecule has 0 saturated heterocycles. The van der Waals surface area contributed by atoms with Crippen LogP contribution in [0.3, 0.4) is 0 Å². The van der Waals surface area contributed by atoms with Crippen molar-refractivity contribution in [3.05, 3.63) is 30.2 Å². The number of anilines is 1. The average molecular weight is 245 g/mol. The Balaban J connectivity index is 1.76. The predicted octanol–water partition coefficient (Wildman–Crippen LogP) is 0.558. The molecule has 94 valence electrons. The van der Waals surface area contributed by atoms with Gasteiger partial charge in [-0.25, -0.2) is 9.67 Å². The summed E-state index contributed by atoms with van der Waals surface area (Å²) in [6.07, 6.45) is 5.90. The van der Waals surface area contributed by atoms with Crippen LogP contribution in [0, 0.1) is 5.92 Å². The summed E-state index contributed by atoms with van der Waals surface area (Å²) in [7, 11) is 0. The van der Waals surface area contributed by atoms with Gasteiger partial charge in [0.2, 0.25) is 0 Å². The van der Waals surface area contributed by atoms with E-state index in [1.54, 1.807) is 29.2 Å². The van der Waals surface area contributed by atoms with Crippen LogP contribution in [-0.4, -0.2) is 31.2 Å². The predicted molar refractivity (Wildman–Crippen MR) is 66.0 cm³/mol. The first-order chi connectivity index (χ1) is 8.72. The molecule has 2 heterocycles. The number of nitrogens with two attached hydrogens (primary N) is 1. The van der Waals surface area contributed by atoms with E-state index in [4.69, 9.17) is 5.73 Å². The van der Waals surface area contributed by atoms with Crippen LogP contribution in [0.5, 0.6) is 0 Å². The lowest BCUT2D eigenvalue weighted by atomic mass is 10.1. The van der Waals surface area contributed by atoms with Gasteiger partial charge in [0.05, 0.1) is 18.0 Å². The van der Waals surface area contributed by atoms with Crippen molar-refractivity contribution < 1.29 is 5.11 Å². The molecule has 1 saturated carbocycles. The normalized spacial score (nSPS) is 16.7. The number of aromatic nitrogens is 4. The van der Waals surface area contributed by atoms with Gasteiger partial charge in [-0.1, -0.05) is 5.21 Å². The Bertz CT molecular complexity index is 549.